The third-order valence-electron chi connectivity index (χ3n) is 3.84. The lowest BCUT2D eigenvalue weighted by Gasteiger charge is -2.09. The summed E-state index contributed by atoms with van der Waals surface area (Å²) in [5.41, 5.74) is 3.29. The molecule has 0 aliphatic heterocycles. The summed E-state index contributed by atoms with van der Waals surface area (Å²) < 4.78 is 6.89. The molecule has 0 aliphatic rings. The molecule has 0 fully saturated rings. The van der Waals surface area contributed by atoms with Crippen molar-refractivity contribution in [3.63, 3.8) is 0 Å². The van der Waals surface area contributed by atoms with E-state index in [2.05, 4.69) is 9.97 Å². The van der Waals surface area contributed by atoms with E-state index in [1.807, 2.05) is 36.6 Å². The normalized spacial score (nSPS) is 11.0. The van der Waals surface area contributed by atoms with Crippen molar-refractivity contribution in [2.24, 2.45) is 0 Å². The van der Waals surface area contributed by atoms with E-state index in [4.69, 9.17) is 27.9 Å². The van der Waals surface area contributed by atoms with Gasteiger partial charge in [0.05, 0.1) is 12.0 Å². The van der Waals surface area contributed by atoms with Gasteiger partial charge in [-0.2, -0.15) is 0 Å². The molecule has 1 aromatic carbocycles. The second kappa shape index (κ2) is 6.42. The quantitative estimate of drug-likeness (QED) is 0.506. The molecular formula is C17H15Cl2N3O2. The minimum atomic E-state index is -0.601. The third-order valence-corrected chi connectivity index (χ3v) is 4.34. The summed E-state index contributed by atoms with van der Waals surface area (Å²) >= 11 is 12.4. The van der Waals surface area contributed by atoms with E-state index in [9.17, 15) is 4.79 Å². The number of hydrogen-bond acceptors (Lipinski definition) is 4. The Bertz CT molecular complexity index is 951. The highest BCUT2D eigenvalue weighted by Gasteiger charge is 2.21. The number of rotatable bonds is 3. The molecule has 0 radical (unpaired) electrons. The first-order chi connectivity index (χ1) is 11.4. The van der Waals surface area contributed by atoms with Crippen LogP contribution in [0.1, 0.15) is 28.8 Å². The molecule has 0 spiro atoms. The molecule has 3 aromatic rings. The zero-order valence-corrected chi connectivity index (χ0v) is 14.9. The van der Waals surface area contributed by atoms with Crippen LogP contribution in [-0.2, 0) is 4.74 Å². The van der Waals surface area contributed by atoms with E-state index in [0.717, 1.165) is 16.9 Å². The van der Waals surface area contributed by atoms with E-state index in [-0.39, 0.29) is 17.6 Å². The molecule has 0 amide bonds. The molecule has 0 saturated carbocycles. The number of esters is 1. The zero-order valence-electron chi connectivity index (χ0n) is 13.4. The standard InChI is InChI=1S/C17H15Cl2N3O2/c1-4-24-17(23)15-20-14(19)13-9(2)10(3)22(16(13)21-15)12-7-5-6-11(18)8-12/h5-8H,4H2,1-3H3. The predicted octanol–water partition coefficient (Wildman–Crippen LogP) is 4.52. The Morgan fingerprint density at radius 1 is 1.25 bits per heavy atom. The summed E-state index contributed by atoms with van der Waals surface area (Å²) in [5, 5.41) is 1.55. The molecule has 2 heterocycles. The van der Waals surface area contributed by atoms with Crippen molar-refractivity contribution in [2.75, 3.05) is 6.61 Å². The molecule has 0 saturated heterocycles. The average molecular weight is 364 g/mol. The van der Waals surface area contributed by atoms with Gasteiger partial charge in [-0.05, 0) is 44.5 Å². The van der Waals surface area contributed by atoms with Crippen LogP contribution in [0.25, 0.3) is 16.7 Å². The van der Waals surface area contributed by atoms with Gasteiger partial charge < -0.3 is 4.74 Å². The molecule has 24 heavy (non-hydrogen) atoms. The highest BCUT2D eigenvalue weighted by molar-refractivity contribution is 6.34. The SMILES string of the molecule is CCOC(=O)c1nc(Cl)c2c(C)c(C)n(-c3cccc(Cl)c3)c2n1. The van der Waals surface area contributed by atoms with E-state index in [0.29, 0.717) is 16.1 Å². The molecule has 0 unspecified atom stereocenters. The maximum atomic E-state index is 12.0. The Hall–Kier alpha value is -2.11. The van der Waals surface area contributed by atoms with Gasteiger partial charge in [0.1, 0.15) is 5.15 Å². The van der Waals surface area contributed by atoms with Crippen LogP contribution in [0, 0.1) is 13.8 Å². The van der Waals surface area contributed by atoms with Gasteiger partial charge in [-0.15, -0.1) is 0 Å². The van der Waals surface area contributed by atoms with Crippen molar-refractivity contribution in [1.29, 1.82) is 0 Å². The van der Waals surface area contributed by atoms with Gasteiger partial charge in [0.15, 0.2) is 5.65 Å². The van der Waals surface area contributed by atoms with Gasteiger partial charge in [0, 0.05) is 16.4 Å². The summed E-state index contributed by atoms with van der Waals surface area (Å²) in [4.78, 5) is 20.5. The zero-order chi connectivity index (χ0) is 17.4. The Morgan fingerprint density at radius 3 is 2.67 bits per heavy atom. The summed E-state index contributed by atoms with van der Waals surface area (Å²) in [6.45, 7) is 5.86. The molecule has 0 atom stereocenters. The summed E-state index contributed by atoms with van der Waals surface area (Å²) in [6, 6.07) is 7.39. The molecule has 0 N–H and O–H groups in total. The summed E-state index contributed by atoms with van der Waals surface area (Å²) in [6.07, 6.45) is 0. The lowest BCUT2D eigenvalue weighted by molar-refractivity contribution is 0.0512. The molecule has 3 rings (SSSR count). The lowest BCUT2D eigenvalue weighted by atomic mass is 10.2. The van der Waals surface area contributed by atoms with Crippen LogP contribution >= 0.6 is 23.2 Å². The fourth-order valence-corrected chi connectivity index (χ4v) is 3.12. The van der Waals surface area contributed by atoms with Crippen LogP contribution in [0.3, 0.4) is 0 Å². The third kappa shape index (κ3) is 2.74. The van der Waals surface area contributed by atoms with Gasteiger partial charge >= 0.3 is 5.97 Å². The first kappa shape index (κ1) is 16.7. The topological polar surface area (TPSA) is 57.0 Å². The van der Waals surface area contributed by atoms with Gasteiger partial charge in [-0.3, -0.25) is 4.57 Å². The van der Waals surface area contributed by atoms with Crippen LogP contribution in [0.15, 0.2) is 24.3 Å². The number of hydrogen-bond donors (Lipinski definition) is 0. The maximum Gasteiger partial charge on any atom is 0.376 e. The number of carbonyl (C=O) groups excluding carboxylic acids is 1. The smallest absolute Gasteiger partial charge is 0.376 e. The Balaban J connectivity index is 2.33. The maximum absolute atomic E-state index is 12.0. The minimum Gasteiger partial charge on any atom is -0.460 e. The number of aromatic nitrogens is 3. The van der Waals surface area contributed by atoms with Crippen LogP contribution in [0.2, 0.25) is 10.2 Å². The first-order valence-electron chi connectivity index (χ1n) is 7.42. The molecule has 0 bridgehead atoms. The van der Waals surface area contributed by atoms with E-state index in [1.165, 1.54) is 0 Å². The molecular weight excluding hydrogens is 349 g/mol. The molecule has 5 nitrogen and oxygen atoms in total. The molecule has 0 aliphatic carbocycles. The second-order valence-electron chi connectivity index (χ2n) is 5.28. The Labute approximate surface area is 149 Å². The van der Waals surface area contributed by atoms with Crippen molar-refractivity contribution in [3.8, 4) is 5.69 Å². The fourth-order valence-electron chi connectivity index (χ4n) is 2.63. The Kier molecular flexibility index (Phi) is 4.47. The minimum absolute atomic E-state index is 0.0601. The van der Waals surface area contributed by atoms with Crippen molar-refractivity contribution in [1.82, 2.24) is 14.5 Å². The van der Waals surface area contributed by atoms with Crippen LogP contribution in [-0.4, -0.2) is 27.1 Å². The summed E-state index contributed by atoms with van der Waals surface area (Å²) in [5.74, 6) is -0.662. The molecule has 2 aromatic heterocycles. The number of halogens is 2. The van der Waals surface area contributed by atoms with Gasteiger partial charge in [-0.1, -0.05) is 29.3 Å². The average Bonchev–Trinajstić information content (AvgIpc) is 2.79. The van der Waals surface area contributed by atoms with Crippen molar-refractivity contribution >= 4 is 40.2 Å². The second-order valence-corrected chi connectivity index (χ2v) is 6.08. The van der Waals surface area contributed by atoms with Crippen LogP contribution < -0.4 is 0 Å². The van der Waals surface area contributed by atoms with Crippen LogP contribution in [0.5, 0.6) is 0 Å². The lowest BCUT2D eigenvalue weighted by Crippen LogP contribution is -2.11. The number of fused-ring (bicyclic) bond motifs is 1. The number of ether oxygens (including phenoxy) is 1. The number of benzene rings is 1. The highest BCUT2D eigenvalue weighted by atomic mass is 35.5. The van der Waals surface area contributed by atoms with E-state index in [1.54, 1.807) is 13.0 Å². The fraction of sp³-hybridized carbons (Fsp3) is 0.235. The molecule has 7 heteroatoms. The summed E-state index contributed by atoms with van der Waals surface area (Å²) in [7, 11) is 0. The number of aryl methyl sites for hydroxylation is 1. The van der Waals surface area contributed by atoms with Crippen LogP contribution in [0.4, 0.5) is 0 Å². The Morgan fingerprint density at radius 2 is 2.00 bits per heavy atom. The van der Waals surface area contributed by atoms with Gasteiger partial charge in [0.25, 0.3) is 0 Å². The van der Waals surface area contributed by atoms with Gasteiger partial charge in [-0.25, -0.2) is 14.8 Å². The number of nitrogens with zero attached hydrogens (tertiary/aromatic N) is 3. The monoisotopic (exact) mass is 363 g/mol. The first-order valence-corrected chi connectivity index (χ1v) is 8.17. The van der Waals surface area contributed by atoms with E-state index < -0.39 is 5.97 Å². The largest absolute Gasteiger partial charge is 0.460 e. The van der Waals surface area contributed by atoms with Crippen molar-refractivity contribution in [2.45, 2.75) is 20.8 Å². The molecule has 124 valence electrons. The number of carbonyl (C=O) groups is 1. The predicted molar refractivity (Wildman–Crippen MR) is 94.3 cm³/mol. The van der Waals surface area contributed by atoms with Gasteiger partial charge in [0.2, 0.25) is 5.82 Å². The van der Waals surface area contributed by atoms with Crippen molar-refractivity contribution < 1.29 is 9.53 Å². The van der Waals surface area contributed by atoms with Crippen molar-refractivity contribution in [3.05, 3.63) is 51.5 Å². The highest BCUT2D eigenvalue weighted by Crippen LogP contribution is 2.32. The van der Waals surface area contributed by atoms with E-state index >= 15 is 0 Å².